The van der Waals surface area contributed by atoms with Crippen molar-refractivity contribution in [1.29, 1.82) is 0 Å². The first-order valence-electron chi connectivity index (χ1n) is 12.8. The molecule has 2 aliphatic rings. The average molecular weight is 443 g/mol. The molecule has 2 heteroatoms. The SMILES string of the molecule is CC(C)(CCC(C)(CCC(C)(C)C1=CCC(F)(F)CC1)c1ccccc1)C1=CCCCC1. The third-order valence-corrected chi connectivity index (χ3v) is 8.51. The van der Waals surface area contributed by atoms with Crippen molar-refractivity contribution in [1.82, 2.24) is 0 Å². The summed E-state index contributed by atoms with van der Waals surface area (Å²) in [6.07, 6.45) is 14.3. The van der Waals surface area contributed by atoms with Crippen LogP contribution in [0.2, 0.25) is 0 Å². The minimum atomic E-state index is -2.52. The molecule has 0 radical (unpaired) electrons. The molecule has 0 aromatic heterocycles. The van der Waals surface area contributed by atoms with Crippen LogP contribution in [0.15, 0.2) is 53.6 Å². The summed E-state index contributed by atoms with van der Waals surface area (Å²) < 4.78 is 27.4. The van der Waals surface area contributed by atoms with Gasteiger partial charge in [0.15, 0.2) is 0 Å². The summed E-state index contributed by atoms with van der Waals surface area (Å²) in [4.78, 5) is 0. The van der Waals surface area contributed by atoms with Crippen LogP contribution < -0.4 is 0 Å². The normalized spacial score (nSPS) is 21.5. The highest BCUT2D eigenvalue weighted by molar-refractivity contribution is 5.26. The molecule has 0 N–H and O–H groups in total. The van der Waals surface area contributed by atoms with Crippen molar-refractivity contribution in [3.05, 3.63) is 59.2 Å². The summed E-state index contributed by atoms with van der Waals surface area (Å²) in [5.74, 6) is -2.52. The van der Waals surface area contributed by atoms with E-state index in [0.29, 0.717) is 6.42 Å². The molecule has 0 aliphatic heterocycles. The Bertz CT molecular complexity index is 812. The number of benzene rings is 1. The minimum absolute atomic E-state index is 0.00151. The van der Waals surface area contributed by atoms with Gasteiger partial charge >= 0.3 is 0 Å². The maximum atomic E-state index is 13.7. The van der Waals surface area contributed by atoms with E-state index < -0.39 is 5.92 Å². The Balaban J connectivity index is 1.74. The van der Waals surface area contributed by atoms with Crippen LogP contribution in [0, 0.1) is 10.8 Å². The Morgan fingerprint density at radius 3 is 1.84 bits per heavy atom. The van der Waals surface area contributed by atoms with E-state index in [0.717, 1.165) is 19.3 Å². The summed E-state index contributed by atoms with van der Waals surface area (Å²) in [7, 11) is 0. The van der Waals surface area contributed by atoms with Gasteiger partial charge in [0.1, 0.15) is 0 Å². The lowest BCUT2D eigenvalue weighted by Crippen LogP contribution is -2.30. The number of allylic oxidation sites excluding steroid dienone is 4. The van der Waals surface area contributed by atoms with Crippen molar-refractivity contribution in [2.24, 2.45) is 10.8 Å². The highest BCUT2D eigenvalue weighted by atomic mass is 19.3. The standard InChI is InChI=1S/C30H44F2/c1-27(2,24-12-8-6-9-13-24)20-22-29(5,26-14-10-7-11-15-26)23-21-28(3,4)25-16-18-30(31,32)19-17-25/h7,10-12,14-16H,6,8-9,13,17-23H2,1-5H3. The van der Waals surface area contributed by atoms with E-state index in [-0.39, 0.29) is 29.1 Å². The van der Waals surface area contributed by atoms with Crippen LogP contribution in [0.3, 0.4) is 0 Å². The third-order valence-electron chi connectivity index (χ3n) is 8.51. The zero-order valence-corrected chi connectivity index (χ0v) is 21.1. The molecule has 1 unspecified atom stereocenters. The van der Waals surface area contributed by atoms with Gasteiger partial charge in [-0.15, -0.1) is 0 Å². The van der Waals surface area contributed by atoms with Gasteiger partial charge in [-0.2, -0.15) is 0 Å². The smallest absolute Gasteiger partial charge is 0.207 e. The van der Waals surface area contributed by atoms with Crippen LogP contribution in [-0.2, 0) is 5.41 Å². The average Bonchev–Trinajstić information content (AvgIpc) is 2.77. The lowest BCUT2D eigenvalue weighted by molar-refractivity contribution is -0.0109. The van der Waals surface area contributed by atoms with E-state index in [1.54, 1.807) is 5.57 Å². The lowest BCUT2D eigenvalue weighted by Gasteiger charge is -2.40. The van der Waals surface area contributed by atoms with Crippen LogP contribution in [0.4, 0.5) is 8.78 Å². The second kappa shape index (κ2) is 9.82. The van der Waals surface area contributed by atoms with Crippen LogP contribution >= 0.6 is 0 Å². The highest BCUT2D eigenvalue weighted by Gasteiger charge is 2.37. The first-order valence-corrected chi connectivity index (χ1v) is 12.8. The van der Waals surface area contributed by atoms with E-state index in [1.165, 1.54) is 43.2 Å². The number of hydrogen-bond donors (Lipinski definition) is 0. The van der Waals surface area contributed by atoms with Gasteiger partial charge in [0.2, 0.25) is 0 Å². The zero-order chi connectivity index (χ0) is 23.5. The lowest BCUT2D eigenvalue weighted by atomic mass is 9.65. The maximum Gasteiger partial charge on any atom is 0.251 e. The van der Waals surface area contributed by atoms with Crippen LogP contribution in [0.1, 0.15) is 111 Å². The van der Waals surface area contributed by atoms with E-state index in [2.05, 4.69) is 71.0 Å². The molecular formula is C30H44F2. The zero-order valence-electron chi connectivity index (χ0n) is 21.1. The molecule has 1 atom stereocenters. The molecule has 0 saturated carbocycles. The quantitative estimate of drug-likeness (QED) is 0.334. The predicted molar refractivity (Wildman–Crippen MR) is 133 cm³/mol. The van der Waals surface area contributed by atoms with Crippen molar-refractivity contribution in [2.75, 3.05) is 0 Å². The summed E-state index contributed by atoms with van der Waals surface area (Å²) in [6.45, 7) is 11.8. The summed E-state index contributed by atoms with van der Waals surface area (Å²) >= 11 is 0. The largest absolute Gasteiger partial charge is 0.251 e. The van der Waals surface area contributed by atoms with E-state index in [4.69, 9.17) is 0 Å². The maximum absolute atomic E-state index is 13.7. The molecular weight excluding hydrogens is 398 g/mol. The Morgan fingerprint density at radius 1 is 0.750 bits per heavy atom. The van der Waals surface area contributed by atoms with Crippen LogP contribution in [-0.4, -0.2) is 5.92 Å². The van der Waals surface area contributed by atoms with E-state index in [1.807, 2.05) is 6.08 Å². The Kier molecular flexibility index (Phi) is 7.73. The molecule has 178 valence electrons. The number of halogens is 2. The number of hydrogen-bond acceptors (Lipinski definition) is 0. The van der Waals surface area contributed by atoms with Gasteiger partial charge in [-0.25, -0.2) is 8.78 Å². The van der Waals surface area contributed by atoms with Crippen molar-refractivity contribution in [3.63, 3.8) is 0 Å². The first-order chi connectivity index (χ1) is 14.9. The van der Waals surface area contributed by atoms with Crippen LogP contribution in [0.5, 0.6) is 0 Å². The molecule has 1 aromatic rings. The van der Waals surface area contributed by atoms with Crippen LogP contribution in [0.25, 0.3) is 0 Å². The molecule has 1 aromatic carbocycles. The number of alkyl halides is 2. The van der Waals surface area contributed by atoms with Crippen molar-refractivity contribution in [2.45, 2.75) is 117 Å². The molecule has 0 amide bonds. The molecule has 0 spiro atoms. The van der Waals surface area contributed by atoms with Crippen molar-refractivity contribution >= 4 is 0 Å². The summed E-state index contributed by atoms with van der Waals surface area (Å²) in [5, 5.41) is 0. The Hall–Kier alpha value is -1.44. The third kappa shape index (κ3) is 6.33. The first kappa shape index (κ1) is 25.2. The molecule has 0 heterocycles. The van der Waals surface area contributed by atoms with E-state index >= 15 is 0 Å². The fourth-order valence-electron chi connectivity index (χ4n) is 5.61. The molecule has 0 nitrogen and oxygen atoms in total. The molecule has 0 saturated heterocycles. The second-order valence-corrected chi connectivity index (χ2v) is 12.0. The summed E-state index contributed by atoms with van der Waals surface area (Å²) in [6, 6.07) is 11.0. The van der Waals surface area contributed by atoms with Gasteiger partial charge in [-0.1, -0.05) is 88.2 Å². The summed E-state index contributed by atoms with van der Waals surface area (Å²) in [5.41, 5.74) is 4.58. The fourth-order valence-corrected chi connectivity index (χ4v) is 5.61. The molecule has 0 fully saturated rings. The second-order valence-electron chi connectivity index (χ2n) is 12.0. The van der Waals surface area contributed by atoms with Gasteiger partial charge in [-0.3, -0.25) is 0 Å². The molecule has 2 aliphatic carbocycles. The highest BCUT2D eigenvalue weighted by Crippen LogP contribution is 2.47. The molecule has 32 heavy (non-hydrogen) atoms. The minimum Gasteiger partial charge on any atom is -0.207 e. The van der Waals surface area contributed by atoms with Gasteiger partial charge in [0, 0.05) is 12.8 Å². The van der Waals surface area contributed by atoms with Gasteiger partial charge in [0.25, 0.3) is 5.92 Å². The van der Waals surface area contributed by atoms with Gasteiger partial charge in [-0.05, 0) is 79.6 Å². The van der Waals surface area contributed by atoms with Crippen molar-refractivity contribution < 1.29 is 8.78 Å². The van der Waals surface area contributed by atoms with Gasteiger partial charge in [0.05, 0.1) is 0 Å². The Labute approximate surface area is 195 Å². The van der Waals surface area contributed by atoms with Crippen molar-refractivity contribution in [3.8, 4) is 0 Å². The monoisotopic (exact) mass is 442 g/mol. The van der Waals surface area contributed by atoms with Gasteiger partial charge < -0.3 is 0 Å². The molecule has 0 bridgehead atoms. The van der Waals surface area contributed by atoms with E-state index in [9.17, 15) is 8.78 Å². The predicted octanol–water partition coefficient (Wildman–Crippen LogP) is 9.80. The number of rotatable bonds is 9. The topological polar surface area (TPSA) is 0 Å². The molecule has 3 rings (SSSR count). The fraction of sp³-hybridized carbons (Fsp3) is 0.667. The Morgan fingerprint density at radius 2 is 1.34 bits per heavy atom.